The average molecular weight is 465 g/mol. The molecule has 2 aromatic rings. The van der Waals surface area contributed by atoms with Crippen molar-refractivity contribution in [1.82, 2.24) is 14.2 Å². The van der Waals surface area contributed by atoms with Crippen LogP contribution in [0.3, 0.4) is 0 Å². The highest BCUT2D eigenvalue weighted by Crippen LogP contribution is 2.42. The van der Waals surface area contributed by atoms with E-state index in [1.54, 1.807) is 0 Å². The molecule has 28 heavy (non-hydrogen) atoms. The smallest absolute Gasteiger partial charge is 0.123 e. The van der Waals surface area contributed by atoms with Gasteiger partial charge < -0.3 is 9.64 Å². The number of pyridine rings is 1. The first-order chi connectivity index (χ1) is 12.4. The van der Waals surface area contributed by atoms with Gasteiger partial charge in [0.05, 0.1) is 11.9 Å². The Balaban J connectivity index is 0.00000131. The Morgan fingerprint density at radius 3 is 2.46 bits per heavy atom. The third-order valence-electron chi connectivity index (χ3n) is 4.92. The van der Waals surface area contributed by atoms with E-state index in [1.165, 1.54) is 11.3 Å². The maximum absolute atomic E-state index is 5.79. The average Bonchev–Trinajstić information content (AvgIpc) is 2.69. The Morgan fingerprint density at radius 2 is 1.71 bits per heavy atom. The van der Waals surface area contributed by atoms with Crippen LogP contribution in [-0.2, 0) is 6.42 Å². The number of fused-ring (bicyclic) bond motifs is 1. The van der Waals surface area contributed by atoms with Crippen LogP contribution < -0.4 is 4.74 Å². The summed E-state index contributed by atoms with van der Waals surface area (Å²) in [7, 11) is 0. The van der Waals surface area contributed by atoms with Crippen molar-refractivity contribution < 1.29 is 4.74 Å². The Labute approximate surface area is 190 Å². The molecule has 1 fully saturated rings. The van der Waals surface area contributed by atoms with Crippen LogP contribution in [0.25, 0.3) is 0 Å². The summed E-state index contributed by atoms with van der Waals surface area (Å²) in [6, 6.07) is 14.7. The molecule has 0 amide bonds. The molecule has 1 atom stereocenters. The Hall–Kier alpha value is -0.690. The van der Waals surface area contributed by atoms with Crippen LogP contribution in [-0.4, -0.2) is 53.5 Å². The first-order valence-corrected chi connectivity index (χ1v) is 9.98. The summed E-state index contributed by atoms with van der Waals surface area (Å²) < 4.78 is 8.33. The third kappa shape index (κ3) is 6.68. The van der Waals surface area contributed by atoms with Crippen LogP contribution in [0.1, 0.15) is 22.9 Å². The number of ether oxygens (including phenoxy) is 1. The SMILES string of the molecule is Cl.Cl.Cl.c1ccc(CCN2CCN(SC3CCOc4ccccc43)CC2)nc1. The monoisotopic (exact) mass is 463 g/mol. The molecule has 0 spiro atoms. The van der Waals surface area contributed by atoms with E-state index in [0.717, 1.165) is 57.9 Å². The maximum Gasteiger partial charge on any atom is 0.123 e. The Kier molecular flexibility index (Phi) is 11.6. The van der Waals surface area contributed by atoms with Crippen molar-refractivity contribution in [1.29, 1.82) is 0 Å². The van der Waals surface area contributed by atoms with Crippen molar-refractivity contribution in [2.75, 3.05) is 39.3 Å². The van der Waals surface area contributed by atoms with Crippen LogP contribution in [0, 0.1) is 0 Å². The predicted molar refractivity (Wildman–Crippen MR) is 125 cm³/mol. The number of hydrogen-bond acceptors (Lipinski definition) is 5. The number of halogens is 3. The first-order valence-electron chi connectivity index (χ1n) is 9.14. The number of piperazine rings is 1. The van der Waals surface area contributed by atoms with E-state index in [9.17, 15) is 0 Å². The summed E-state index contributed by atoms with van der Waals surface area (Å²) in [6.45, 7) is 6.49. The lowest BCUT2D eigenvalue weighted by Gasteiger charge is -2.36. The minimum Gasteiger partial charge on any atom is -0.493 e. The summed E-state index contributed by atoms with van der Waals surface area (Å²) in [5.74, 6) is 1.07. The molecular formula is C20H28Cl3N3OS. The van der Waals surface area contributed by atoms with Gasteiger partial charge in [0.25, 0.3) is 0 Å². The number of para-hydroxylation sites is 1. The van der Waals surface area contributed by atoms with Gasteiger partial charge in [-0.05, 0) is 24.6 Å². The van der Waals surface area contributed by atoms with Crippen molar-refractivity contribution in [3.63, 3.8) is 0 Å². The molecular weight excluding hydrogens is 437 g/mol. The normalized spacial score (nSPS) is 19.2. The zero-order valence-corrected chi connectivity index (χ0v) is 19.0. The van der Waals surface area contributed by atoms with Gasteiger partial charge in [-0.1, -0.05) is 36.2 Å². The summed E-state index contributed by atoms with van der Waals surface area (Å²) in [5.41, 5.74) is 2.55. The molecule has 0 saturated carbocycles. The molecule has 4 nitrogen and oxygen atoms in total. The van der Waals surface area contributed by atoms with Crippen LogP contribution in [0.5, 0.6) is 5.75 Å². The molecule has 0 radical (unpaired) electrons. The molecule has 3 heterocycles. The minimum atomic E-state index is 0. The Bertz CT molecular complexity index is 687. The van der Waals surface area contributed by atoms with Crippen LogP contribution in [0.15, 0.2) is 48.7 Å². The van der Waals surface area contributed by atoms with E-state index >= 15 is 0 Å². The van der Waals surface area contributed by atoms with Crippen LogP contribution in [0.4, 0.5) is 0 Å². The highest BCUT2D eigenvalue weighted by Gasteiger charge is 2.26. The highest BCUT2D eigenvalue weighted by molar-refractivity contribution is 7.97. The minimum absolute atomic E-state index is 0. The van der Waals surface area contributed by atoms with E-state index in [1.807, 2.05) is 24.2 Å². The molecule has 2 aliphatic rings. The molecule has 0 aliphatic carbocycles. The molecule has 1 aromatic carbocycles. The second kappa shape index (κ2) is 12.8. The lowest BCUT2D eigenvalue weighted by Crippen LogP contribution is -2.44. The number of hydrogen-bond donors (Lipinski definition) is 0. The number of rotatable bonds is 5. The van der Waals surface area contributed by atoms with Crippen LogP contribution >= 0.6 is 49.2 Å². The van der Waals surface area contributed by atoms with Crippen molar-refractivity contribution in [2.24, 2.45) is 0 Å². The van der Waals surface area contributed by atoms with Gasteiger partial charge in [0.15, 0.2) is 0 Å². The zero-order valence-electron chi connectivity index (χ0n) is 15.7. The van der Waals surface area contributed by atoms with Crippen molar-refractivity contribution in [3.8, 4) is 5.75 Å². The van der Waals surface area contributed by atoms with E-state index in [2.05, 4.69) is 50.6 Å². The van der Waals surface area contributed by atoms with Gasteiger partial charge in [-0.25, -0.2) is 4.31 Å². The van der Waals surface area contributed by atoms with E-state index in [4.69, 9.17) is 4.74 Å². The molecule has 156 valence electrons. The predicted octanol–water partition coefficient (Wildman–Crippen LogP) is 4.68. The molecule has 0 bridgehead atoms. The molecule has 2 aliphatic heterocycles. The standard InChI is InChI=1S/C20H25N3OS.3ClH/c1-2-7-19-18(6-1)20(9-16-24-19)25-23-14-12-22(13-15-23)11-8-17-5-3-4-10-21-17;;;/h1-7,10,20H,8-9,11-16H2;3*1H. The van der Waals surface area contributed by atoms with Crippen molar-refractivity contribution in [3.05, 3.63) is 59.9 Å². The fourth-order valence-corrected chi connectivity index (χ4v) is 4.72. The summed E-state index contributed by atoms with van der Waals surface area (Å²) in [4.78, 5) is 6.98. The van der Waals surface area contributed by atoms with Crippen molar-refractivity contribution in [2.45, 2.75) is 18.1 Å². The van der Waals surface area contributed by atoms with E-state index in [-0.39, 0.29) is 37.2 Å². The van der Waals surface area contributed by atoms with E-state index in [0.29, 0.717) is 5.25 Å². The third-order valence-corrected chi connectivity index (χ3v) is 6.33. The molecule has 8 heteroatoms. The van der Waals surface area contributed by atoms with Gasteiger partial charge >= 0.3 is 0 Å². The van der Waals surface area contributed by atoms with Gasteiger partial charge in [-0.2, -0.15) is 0 Å². The van der Waals surface area contributed by atoms with Gasteiger partial charge in [-0.15, -0.1) is 37.2 Å². The lowest BCUT2D eigenvalue weighted by molar-refractivity contribution is 0.196. The summed E-state index contributed by atoms with van der Waals surface area (Å²) in [6.07, 6.45) is 4.03. The Morgan fingerprint density at radius 1 is 0.964 bits per heavy atom. The second-order valence-corrected chi connectivity index (χ2v) is 7.91. The quantitative estimate of drug-likeness (QED) is 0.599. The molecule has 1 aromatic heterocycles. The van der Waals surface area contributed by atoms with Gasteiger partial charge in [0.2, 0.25) is 0 Å². The van der Waals surface area contributed by atoms with Gasteiger partial charge in [-0.3, -0.25) is 4.98 Å². The second-order valence-electron chi connectivity index (χ2n) is 6.61. The topological polar surface area (TPSA) is 28.6 Å². The largest absolute Gasteiger partial charge is 0.493 e. The lowest BCUT2D eigenvalue weighted by atomic mass is 10.1. The van der Waals surface area contributed by atoms with Gasteiger partial charge in [0.1, 0.15) is 5.75 Å². The number of aromatic nitrogens is 1. The fraction of sp³-hybridized carbons (Fsp3) is 0.450. The van der Waals surface area contributed by atoms with Crippen molar-refractivity contribution >= 4 is 49.2 Å². The summed E-state index contributed by atoms with van der Waals surface area (Å²) in [5, 5.41) is 0.532. The van der Waals surface area contributed by atoms with Gasteiger partial charge in [0, 0.05) is 56.6 Å². The van der Waals surface area contributed by atoms with Crippen LogP contribution in [0.2, 0.25) is 0 Å². The first kappa shape index (κ1) is 25.3. The molecule has 4 rings (SSSR count). The summed E-state index contributed by atoms with van der Waals surface area (Å²) >= 11 is 2.01. The number of nitrogens with zero attached hydrogens (tertiary/aromatic N) is 3. The zero-order chi connectivity index (χ0) is 16.9. The highest BCUT2D eigenvalue weighted by atomic mass is 35.5. The molecule has 1 saturated heterocycles. The maximum atomic E-state index is 5.79. The molecule has 1 unspecified atom stereocenters. The molecule has 0 N–H and O–H groups in total. The van der Waals surface area contributed by atoms with E-state index < -0.39 is 0 Å². The fourth-order valence-electron chi connectivity index (χ4n) is 3.48. The number of benzene rings is 1.